The monoisotopic (exact) mass is 434 g/mol. The van der Waals surface area contributed by atoms with Crippen molar-refractivity contribution in [2.75, 3.05) is 39.0 Å². The first-order valence-electron chi connectivity index (χ1n) is 9.91. The molecule has 0 aliphatic rings. The van der Waals surface area contributed by atoms with E-state index in [-0.39, 0.29) is 11.4 Å². The molecule has 30 heavy (non-hydrogen) atoms. The van der Waals surface area contributed by atoms with Gasteiger partial charge in [-0.2, -0.15) is 4.31 Å². The van der Waals surface area contributed by atoms with Crippen LogP contribution in [-0.4, -0.2) is 61.8 Å². The Labute approximate surface area is 178 Å². The summed E-state index contributed by atoms with van der Waals surface area (Å²) in [6, 6.07) is 9.96. The highest BCUT2D eigenvalue weighted by molar-refractivity contribution is 7.89. The third-order valence-electron chi connectivity index (χ3n) is 4.70. The predicted molar refractivity (Wildman–Crippen MR) is 118 cm³/mol. The van der Waals surface area contributed by atoms with Gasteiger partial charge in [0.25, 0.3) is 5.56 Å². The van der Waals surface area contributed by atoms with Crippen molar-refractivity contribution >= 4 is 21.6 Å². The van der Waals surface area contributed by atoms with Gasteiger partial charge in [-0.3, -0.25) is 9.59 Å². The SMILES string of the molecule is CCN(CC)S(=O)(=O)c1ccc(=O)n(CC(=O)Nc2ccc(CCN(C)C)cc2)c1. The summed E-state index contributed by atoms with van der Waals surface area (Å²) in [4.78, 5) is 26.6. The molecule has 164 valence electrons. The molecule has 0 atom stereocenters. The van der Waals surface area contributed by atoms with Crippen LogP contribution in [0.25, 0.3) is 0 Å². The van der Waals surface area contributed by atoms with Gasteiger partial charge >= 0.3 is 0 Å². The van der Waals surface area contributed by atoms with E-state index in [0.29, 0.717) is 18.8 Å². The van der Waals surface area contributed by atoms with Gasteiger partial charge in [-0.15, -0.1) is 0 Å². The van der Waals surface area contributed by atoms with E-state index in [9.17, 15) is 18.0 Å². The molecule has 0 saturated carbocycles. The highest BCUT2D eigenvalue weighted by Crippen LogP contribution is 2.14. The lowest BCUT2D eigenvalue weighted by Crippen LogP contribution is -2.33. The Bertz CT molecular complexity index is 1010. The summed E-state index contributed by atoms with van der Waals surface area (Å²) in [6.07, 6.45) is 2.13. The van der Waals surface area contributed by atoms with Crippen LogP contribution in [0.1, 0.15) is 19.4 Å². The number of nitrogens with zero attached hydrogens (tertiary/aromatic N) is 3. The van der Waals surface area contributed by atoms with Crippen LogP contribution in [-0.2, 0) is 27.8 Å². The fourth-order valence-electron chi connectivity index (χ4n) is 2.96. The molecule has 9 heteroatoms. The number of sulfonamides is 1. The van der Waals surface area contributed by atoms with Gasteiger partial charge in [0.1, 0.15) is 6.54 Å². The van der Waals surface area contributed by atoms with Crippen molar-refractivity contribution in [3.05, 3.63) is 58.5 Å². The lowest BCUT2D eigenvalue weighted by Gasteiger charge is -2.19. The van der Waals surface area contributed by atoms with Crippen LogP contribution >= 0.6 is 0 Å². The first kappa shape index (κ1) is 23.8. The van der Waals surface area contributed by atoms with Gasteiger partial charge in [-0.05, 0) is 44.3 Å². The maximum Gasteiger partial charge on any atom is 0.251 e. The smallest absolute Gasteiger partial charge is 0.251 e. The second-order valence-electron chi connectivity index (χ2n) is 7.22. The maximum absolute atomic E-state index is 12.7. The Hall–Kier alpha value is -2.49. The fraction of sp³-hybridized carbons (Fsp3) is 0.429. The standard InChI is InChI=1S/C21H30N4O4S/c1-5-25(6-2)30(28,29)19-11-12-21(27)24(15-19)16-20(26)22-18-9-7-17(8-10-18)13-14-23(3)4/h7-12,15H,5-6,13-14,16H2,1-4H3,(H,22,26). The minimum Gasteiger partial charge on any atom is -0.325 e. The number of aromatic nitrogens is 1. The number of anilines is 1. The van der Waals surface area contributed by atoms with E-state index in [1.807, 2.05) is 38.4 Å². The van der Waals surface area contributed by atoms with Gasteiger partial charge in [0, 0.05) is 37.6 Å². The Kier molecular flexibility index (Phi) is 8.33. The number of pyridine rings is 1. The van der Waals surface area contributed by atoms with Gasteiger partial charge < -0.3 is 14.8 Å². The summed E-state index contributed by atoms with van der Waals surface area (Å²) >= 11 is 0. The number of likely N-dealkylation sites (N-methyl/N-ethyl adjacent to an activating group) is 1. The molecule has 0 radical (unpaired) electrons. The number of hydrogen-bond acceptors (Lipinski definition) is 5. The predicted octanol–water partition coefficient (Wildman–Crippen LogP) is 1.62. The number of rotatable bonds is 10. The summed E-state index contributed by atoms with van der Waals surface area (Å²) in [5.74, 6) is -0.407. The molecule has 8 nitrogen and oxygen atoms in total. The second kappa shape index (κ2) is 10.5. The third-order valence-corrected chi connectivity index (χ3v) is 6.73. The Balaban J connectivity index is 2.11. The molecule has 0 fully saturated rings. The molecule has 0 aliphatic heterocycles. The zero-order chi connectivity index (χ0) is 22.3. The Morgan fingerprint density at radius 2 is 1.67 bits per heavy atom. The molecule has 1 aromatic heterocycles. The summed E-state index contributed by atoms with van der Waals surface area (Å²) in [6.45, 7) is 4.79. The molecule has 0 saturated heterocycles. The van der Waals surface area contributed by atoms with Crippen LogP contribution < -0.4 is 10.9 Å². The third kappa shape index (κ3) is 6.25. The lowest BCUT2D eigenvalue weighted by molar-refractivity contribution is -0.116. The van der Waals surface area contributed by atoms with Crippen molar-refractivity contribution in [1.82, 2.24) is 13.8 Å². The number of nitrogens with one attached hydrogen (secondary N) is 1. The first-order chi connectivity index (χ1) is 14.2. The van der Waals surface area contributed by atoms with E-state index >= 15 is 0 Å². The minimum atomic E-state index is -3.71. The molecule has 0 spiro atoms. The van der Waals surface area contributed by atoms with Gasteiger partial charge in [0.05, 0.1) is 4.90 Å². The van der Waals surface area contributed by atoms with Crippen LogP contribution in [0.4, 0.5) is 5.69 Å². The van der Waals surface area contributed by atoms with Crippen molar-refractivity contribution in [1.29, 1.82) is 0 Å². The summed E-state index contributed by atoms with van der Waals surface area (Å²) in [5, 5.41) is 2.74. The highest BCUT2D eigenvalue weighted by Gasteiger charge is 2.22. The van der Waals surface area contributed by atoms with E-state index < -0.39 is 21.5 Å². The molecule has 2 rings (SSSR count). The highest BCUT2D eigenvalue weighted by atomic mass is 32.2. The number of benzene rings is 1. The molecule has 1 N–H and O–H groups in total. The lowest BCUT2D eigenvalue weighted by atomic mass is 10.1. The quantitative estimate of drug-likeness (QED) is 0.614. The van der Waals surface area contributed by atoms with Crippen LogP contribution in [0.3, 0.4) is 0 Å². The Morgan fingerprint density at radius 1 is 1.03 bits per heavy atom. The van der Waals surface area contributed by atoms with Crippen molar-refractivity contribution in [3.63, 3.8) is 0 Å². The minimum absolute atomic E-state index is 0.0103. The molecule has 1 amide bonds. The zero-order valence-electron chi connectivity index (χ0n) is 18.0. The molecule has 1 aromatic carbocycles. The average Bonchev–Trinajstić information content (AvgIpc) is 2.69. The molecule has 0 bridgehead atoms. The second-order valence-corrected chi connectivity index (χ2v) is 9.16. The van der Waals surface area contributed by atoms with Gasteiger partial charge in [0.2, 0.25) is 15.9 Å². The van der Waals surface area contributed by atoms with E-state index in [0.717, 1.165) is 23.1 Å². The van der Waals surface area contributed by atoms with Gasteiger partial charge in [-0.1, -0.05) is 26.0 Å². The molecule has 0 unspecified atom stereocenters. The molecule has 0 aliphatic carbocycles. The molecule has 1 heterocycles. The van der Waals surface area contributed by atoms with Crippen LogP contribution in [0.15, 0.2) is 52.3 Å². The van der Waals surface area contributed by atoms with Crippen molar-refractivity contribution in [3.8, 4) is 0 Å². The summed E-state index contributed by atoms with van der Waals surface area (Å²) < 4.78 is 27.7. The molecular weight excluding hydrogens is 404 g/mol. The summed E-state index contributed by atoms with van der Waals surface area (Å²) in [5.41, 5.74) is 1.34. The molecular formula is C21H30N4O4S. The van der Waals surface area contributed by atoms with Crippen molar-refractivity contribution < 1.29 is 13.2 Å². The van der Waals surface area contributed by atoms with E-state index in [2.05, 4.69) is 10.2 Å². The van der Waals surface area contributed by atoms with Crippen LogP contribution in [0.5, 0.6) is 0 Å². The fourth-order valence-corrected chi connectivity index (χ4v) is 4.44. The number of amides is 1. The van der Waals surface area contributed by atoms with Gasteiger partial charge in [0.15, 0.2) is 0 Å². The van der Waals surface area contributed by atoms with Gasteiger partial charge in [-0.25, -0.2) is 8.42 Å². The van der Waals surface area contributed by atoms with Crippen LogP contribution in [0, 0.1) is 0 Å². The topological polar surface area (TPSA) is 91.7 Å². The maximum atomic E-state index is 12.7. The van der Waals surface area contributed by atoms with E-state index in [1.165, 1.54) is 22.6 Å². The Morgan fingerprint density at radius 3 is 2.23 bits per heavy atom. The number of carbonyl (C=O) groups is 1. The van der Waals surface area contributed by atoms with E-state index in [1.54, 1.807) is 13.8 Å². The number of carbonyl (C=O) groups excluding carboxylic acids is 1. The average molecular weight is 435 g/mol. The number of hydrogen-bond donors (Lipinski definition) is 1. The largest absolute Gasteiger partial charge is 0.325 e. The first-order valence-corrected chi connectivity index (χ1v) is 11.4. The summed E-state index contributed by atoms with van der Waals surface area (Å²) in [7, 11) is 0.312. The molecule has 2 aromatic rings. The van der Waals surface area contributed by atoms with Crippen molar-refractivity contribution in [2.24, 2.45) is 0 Å². The normalized spacial score (nSPS) is 11.8. The van der Waals surface area contributed by atoms with Crippen LogP contribution in [0.2, 0.25) is 0 Å². The van der Waals surface area contributed by atoms with Crippen molar-refractivity contribution in [2.45, 2.75) is 31.7 Å². The van der Waals surface area contributed by atoms with E-state index in [4.69, 9.17) is 0 Å². The zero-order valence-corrected chi connectivity index (χ0v) is 18.8.